The second-order valence-corrected chi connectivity index (χ2v) is 11.0. The normalized spacial score (nSPS) is 21.6. The summed E-state index contributed by atoms with van der Waals surface area (Å²) >= 11 is 4.32. The van der Waals surface area contributed by atoms with Gasteiger partial charge in [0.05, 0.1) is 10.6 Å². The number of carbonyl (C=O) groups is 2. The number of para-hydroxylation sites is 1. The lowest BCUT2D eigenvalue weighted by Gasteiger charge is -2.38. The number of thioether (sulfide) groups is 2. The van der Waals surface area contributed by atoms with Gasteiger partial charge in [-0.25, -0.2) is 5.01 Å². The fourth-order valence-corrected chi connectivity index (χ4v) is 7.12. The third-order valence-electron chi connectivity index (χ3n) is 5.04. The van der Waals surface area contributed by atoms with Crippen molar-refractivity contribution in [2.75, 3.05) is 9.91 Å². The number of rotatable bonds is 4. The molecule has 1 unspecified atom stereocenters. The highest BCUT2D eigenvalue weighted by molar-refractivity contribution is 8.29. The van der Waals surface area contributed by atoms with Gasteiger partial charge in [-0.15, -0.1) is 11.3 Å². The van der Waals surface area contributed by atoms with Crippen molar-refractivity contribution in [1.29, 1.82) is 0 Å². The number of hydrazone groups is 1. The Hall–Kier alpha value is -2.81. The van der Waals surface area contributed by atoms with Gasteiger partial charge in [0.25, 0.3) is 5.91 Å². The number of carbonyl (C=O) groups excluding carboxylic acids is 2. The summed E-state index contributed by atoms with van der Waals surface area (Å²) in [7, 11) is 0. The fourth-order valence-electron chi connectivity index (χ4n) is 3.52. The maximum atomic E-state index is 13.8. The van der Waals surface area contributed by atoms with E-state index in [1.54, 1.807) is 21.2 Å². The highest BCUT2D eigenvalue weighted by atomic mass is 32.2. The molecule has 2 aliphatic rings. The molecule has 1 aromatic heterocycles. The molecule has 2 aromatic carbocycles. The summed E-state index contributed by atoms with van der Waals surface area (Å²) in [5.41, 5.74) is 2.70. The fraction of sp³-hybridized carbons (Fsp3) is 0.125. The van der Waals surface area contributed by atoms with Crippen molar-refractivity contribution in [3.8, 4) is 0 Å². The van der Waals surface area contributed by atoms with Gasteiger partial charge in [-0.3, -0.25) is 14.5 Å². The Morgan fingerprint density at radius 1 is 0.969 bits per heavy atom. The molecule has 32 heavy (non-hydrogen) atoms. The minimum absolute atomic E-state index is 0.112. The Morgan fingerprint density at radius 2 is 1.72 bits per heavy atom. The molecule has 3 heterocycles. The van der Waals surface area contributed by atoms with E-state index in [1.807, 2.05) is 85.1 Å². The van der Waals surface area contributed by atoms with Gasteiger partial charge in [0.1, 0.15) is 0 Å². The molecule has 0 N–H and O–H groups in total. The van der Waals surface area contributed by atoms with Crippen molar-refractivity contribution < 1.29 is 9.59 Å². The third kappa shape index (κ3) is 3.58. The molecule has 5 rings (SSSR count). The van der Waals surface area contributed by atoms with Crippen molar-refractivity contribution in [1.82, 2.24) is 0 Å². The van der Waals surface area contributed by atoms with E-state index in [9.17, 15) is 9.59 Å². The number of hydrogen-bond acceptors (Lipinski definition) is 7. The number of aryl methyl sites for hydroxylation is 1. The van der Waals surface area contributed by atoms with Crippen LogP contribution in [0.4, 0.5) is 11.4 Å². The van der Waals surface area contributed by atoms with Crippen molar-refractivity contribution in [2.24, 2.45) is 5.10 Å². The van der Waals surface area contributed by atoms with Gasteiger partial charge in [0.15, 0.2) is 10.8 Å². The van der Waals surface area contributed by atoms with E-state index in [0.29, 0.717) is 9.95 Å². The van der Waals surface area contributed by atoms with Crippen LogP contribution in [0.2, 0.25) is 0 Å². The number of Topliss-reactive ketones (excluding diaryl/α,β-unsaturated/α-hetero) is 1. The highest BCUT2D eigenvalue weighted by Crippen LogP contribution is 2.59. The van der Waals surface area contributed by atoms with Crippen molar-refractivity contribution in [3.63, 3.8) is 0 Å². The summed E-state index contributed by atoms with van der Waals surface area (Å²) in [6.45, 7) is 3.53. The van der Waals surface area contributed by atoms with E-state index in [-0.39, 0.29) is 11.7 Å². The van der Waals surface area contributed by atoms with E-state index in [4.69, 9.17) is 0 Å². The number of anilines is 2. The molecule has 1 saturated heterocycles. The van der Waals surface area contributed by atoms with Crippen LogP contribution >= 0.6 is 34.9 Å². The van der Waals surface area contributed by atoms with Crippen LogP contribution < -0.4 is 9.91 Å². The molecule has 0 radical (unpaired) electrons. The molecule has 5 nitrogen and oxygen atoms in total. The predicted octanol–water partition coefficient (Wildman–Crippen LogP) is 5.94. The van der Waals surface area contributed by atoms with E-state index in [1.165, 1.54) is 30.4 Å². The second kappa shape index (κ2) is 8.27. The van der Waals surface area contributed by atoms with Crippen LogP contribution in [0, 0.1) is 6.92 Å². The topological polar surface area (TPSA) is 53.0 Å². The van der Waals surface area contributed by atoms with E-state index < -0.39 is 4.33 Å². The first-order valence-corrected chi connectivity index (χ1v) is 12.5. The Morgan fingerprint density at radius 3 is 2.38 bits per heavy atom. The van der Waals surface area contributed by atoms with Gasteiger partial charge >= 0.3 is 0 Å². The largest absolute Gasteiger partial charge is 0.292 e. The van der Waals surface area contributed by atoms with Gasteiger partial charge < -0.3 is 0 Å². The van der Waals surface area contributed by atoms with Crippen LogP contribution in [-0.4, -0.2) is 21.1 Å². The summed E-state index contributed by atoms with van der Waals surface area (Å²) in [5.74, 6) is -0.236. The zero-order valence-corrected chi connectivity index (χ0v) is 19.8. The number of ketones is 1. The predicted molar refractivity (Wildman–Crippen MR) is 136 cm³/mol. The quantitative estimate of drug-likeness (QED) is 0.435. The average Bonchev–Trinajstić information content (AvgIpc) is 3.49. The first kappa shape index (κ1) is 21.1. The Labute approximate surface area is 198 Å². The van der Waals surface area contributed by atoms with Crippen LogP contribution in [0.5, 0.6) is 0 Å². The lowest BCUT2D eigenvalue weighted by atomic mass is 10.2. The Kier molecular flexibility index (Phi) is 5.44. The molecule has 1 spiro atoms. The SMILES string of the molecule is CC(=O)C1=NN(c2ccc(C)cc2)C2(S1)S/C(=C\c1cccs1)C(=O)N2c1ccccc1. The monoisotopic (exact) mass is 477 g/mol. The van der Waals surface area contributed by atoms with E-state index >= 15 is 0 Å². The first-order valence-electron chi connectivity index (χ1n) is 9.97. The van der Waals surface area contributed by atoms with Crippen LogP contribution in [0.1, 0.15) is 17.4 Å². The number of nitrogens with zero attached hydrogens (tertiary/aromatic N) is 3. The van der Waals surface area contributed by atoms with Gasteiger partial charge in [-0.05, 0) is 60.5 Å². The van der Waals surface area contributed by atoms with Gasteiger partial charge in [-0.1, -0.05) is 53.7 Å². The molecule has 8 heteroatoms. The molecule has 1 fully saturated rings. The van der Waals surface area contributed by atoms with Gasteiger partial charge in [0.2, 0.25) is 4.33 Å². The van der Waals surface area contributed by atoms with Gasteiger partial charge in [0, 0.05) is 17.5 Å². The van der Waals surface area contributed by atoms with Crippen molar-refractivity contribution >= 4 is 69.0 Å². The van der Waals surface area contributed by atoms with Crippen LogP contribution in [-0.2, 0) is 9.59 Å². The number of hydrogen-bond donors (Lipinski definition) is 0. The summed E-state index contributed by atoms with van der Waals surface area (Å²) < 4.78 is -0.974. The zero-order valence-electron chi connectivity index (χ0n) is 17.4. The molecular formula is C24H19N3O2S3. The van der Waals surface area contributed by atoms with Crippen LogP contribution in [0.3, 0.4) is 0 Å². The summed E-state index contributed by atoms with van der Waals surface area (Å²) in [4.78, 5) is 29.5. The van der Waals surface area contributed by atoms with E-state index in [2.05, 4.69) is 5.10 Å². The maximum Gasteiger partial charge on any atom is 0.268 e. The number of thiophene rings is 1. The lowest BCUT2D eigenvalue weighted by molar-refractivity contribution is -0.114. The molecule has 0 aliphatic carbocycles. The smallest absolute Gasteiger partial charge is 0.268 e. The molecule has 160 valence electrons. The first-order chi connectivity index (χ1) is 15.5. The van der Waals surface area contributed by atoms with Crippen molar-refractivity contribution in [3.05, 3.63) is 87.5 Å². The number of amides is 1. The molecule has 3 aromatic rings. The zero-order chi connectivity index (χ0) is 22.3. The molecule has 0 bridgehead atoms. The minimum Gasteiger partial charge on any atom is -0.292 e. The minimum atomic E-state index is -0.974. The third-order valence-corrected chi connectivity index (χ3v) is 8.68. The van der Waals surface area contributed by atoms with Crippen LogP contribution in [0.15, 0.2) is 82.1 Å². The molecule has 1 amide bonds. The molecule has 2 aliphatic heterocycles. The summed E-state index contributed by atoms with van der Waals surface area (Å²) in [6.07, 6.45) is 1.92. The van der Waals surface area contributed by atoms with Crippen molar-refractivity contribution in [2.45, 2.75) is 18.2 Å². The summed E-state index contributed by atoms with van der Waals surface area (Å²) in [5, 5.41) is 8.86. The van der Waals surface area contributed by atoms with Crippen LogP contribution in [0.25, 0.3) is 6.08 Å². The highest BCUT2D eigenvalue weighted by Gasteiger charge is 2.59. The summed E-state index contributed by atoms with van der Waals surface area (Å²) in [6, 6.07) is 21.5. The molecule has 0 saturated carbocycles. The van der Waals surface area contributed by atoms with E-state index in [0.717, 1.165) is 21.8 Å². The Balaban J connectivity index is 1.69. The number of benzene rings is 2. The van der Waals surface area contributed by atoms with Gasteiger partial charge in [-0.2, -0.15) is 5.10 Å². The average molecular weight is 478 g/mol. The maximum absolute atomic E-state index is 13.8. The standard InChI is InChI=1S/C24H19N3O2S3/c1-16-10-12-19(13-11-16)27-24(32-22(25-27)17(2)28)26(18-7-4-3-5-8-18)23(29)21(31-24)15-20-9-6-14-30-20/h3-15H,1-2H3/b21-15-. The Bertz CT molecular complexity index is 1240. The lowest BCUT2D eigenvalue weighted by Crippen LogP contribution is -2.51. The molecular weight excluding hydrogens is 458 g/mol. The molecule has 1 atom stereocenters. The second-order valence-electron chi connectivity index (χ2n) is 7.36.